The van der Waals surface area contributed by atoms with Crippen molar-refractivity contribution in [2.24, 2.45) is 0 Å². The molecule has 0 aromatic heterocycles. The Balaban J connectivity index is 1.87. The summed E-state index contributed by atoms with van der Waals surface area (Å²) in [5.74, 6) is 0.238. The molecule has 3 unspecified atom stereocenters. The fourth-order valence-corrected chi connectivity index (χ4v) is 3.68. The third-order valence-corrected chi connectivity index (χ3v) is 4.80. The van der Waals surface area contributed by atoms with Gasteiger partial charge in [0.2, 0.25) is 5.91 Å². The van der Waals surface area contributed by atoms with Gasteiger partial charge in [-0.1, -0.05) is 19.3 Å². The average molecular weight is 252 g/mol. The van der Waals surface area contributed by atoms with Gasteiger partial charge in [-0.05, 0) is 46.5 Å². The van der Waals surface area contributed by atoms with Crippen molar-refractivity contribution in [3.05, 3.63) is 0 Å². The highest BCUT2D eigenvalue weighted by Gasteiger charge is 2.34. The van der Waals surface area contributed by atoms with Gasteiger partial charge in [-0.2, -0.15) is 0 Å². The number of likely N-dealkylation sites (tertiary alicyclic amines) is 1. The van der Waals surface area contributed by atoms with Gasteiger partial charge in [0.05, 0.1) is 6.04 Å². The molecule has 1 saturated carbocycles. The van der Waals surface area contributed by atoms with E-state index in [4.69, 9.17) is 0 Å². The molecule has 1 aliphatic heterocycles. The first kappa shape index (κ1) is 13.9. The molecule has 1 heterocycles. The van der Waals surface area contributed by atoms with Gasteiger partial charge in [-0.25, -0.2) is 0 Å². The molecule has 0 aromatic rings. The Bertz CT molecular complexity index is 276. The van der Waals surface area contributed by atoms with E-state index in [0.717, 1.165) is 0 Å². The molecule has 18 heavy (non-hydrogen) atoms. The maximum absolute atomic E-state index is 12.3. The number of hydrogen-bond donors (Lipinski definition) is 1. The van der Waals surface area contributed by atoms with Gasteiger partial charge in [0.1, 0.15) is 0 Å². The molecule has 1 amide bonds. The first-order valence-corrected chi connectivity index (χ1v) is 7.67. The molecule has 1 N–H and O–H groups in total. The van der Waals surface area contributed by atoms with Crippen LogP contribution in [0.1, 0.15) is 65.7 Å². The van der Waals surface area contributed by atoms with E-state index in [0.29, 0.717) is 18.1 Å². The Morgan fingerprint density at radius 3 is 2.17 bits per heavy atom. The topological polar surface area (TPSA) is 32.3 Å². The van der Waals surface area contributed by atoms with E-state index in [2.05, 4.69) is 31.0 Å². The van der Waals surface area contributed by atoms with E-state index in [1.807, 2.05) is 0 Å². The second-order valence-corrected chi connectivity index (χ2v) is 6.24. The summed E-state index contributed by atoms with van der Waals surface area (Å²) in [5, 5.41) is 3.26. The molecular weight excluding hydrogens is 224 g/mol. The third-order valence-electron chi connectivity index (χ3n) is 4.80. The number of carbonyl (C=O) groups excluding carboxylic acids is 1. The highest BCUT2D eigenvalue weighted by molar-refractivity contribution is 5.81. The van der Waals surface area contributed by atoms with Crippen LogP contribution in [0.5, 0.6) is 0 Å². The molecule has 2 aliphatic rings. The van der Waals surface area contributed by atoms with Gasteiger partial charge in [0, 0.05) is 18.1 Å². The molecule has 3 nitrogen and oxygen atoms in total. The number of hydrogen-bond acceptors (Lipinski definition) is 2. The zero-order valence-electron chi connectivity index (χ0n) is 12.1. The molecule has 1 saturated heterocycles. The highest BCUT2D eigenvalue weighted by atomic mass is 16.2. The van der Waals surface area contributed by atoms with Crippen molar-refractivity contribution in [3.8, 4) is 0 Å². The van der Waals surface area contributed by atoms with Crippen molar-refractivity contribution in [1.29, 1.82) is 0 Å². The van der Waals surface area contributed by atoms with Crippen LogP contribution in [-0.4, -0.2) is 35.0 Å². The number of nitrogens with one attached hydrogen (secondary N) is 1. The summed E-state index contributed by atoms with van der Waals surface area (Å²) < 4.78 is 0. The molecule has 3 atom stereocenters. The fraction of sp³-hybridized carbons (Fsp3) is 0.933. The first-order valence-electron chi connectivity index (χ1n) is 7.67. The number of amides is 1. The van der Waals surface area contributed by atoms with Crippen LogP contribution >= 0.6 is 0 Å². The zero-order chi connectivity index (χ0) is 13.1. The Labute approximate surface area is 111 Å². The van der Waals surface area contributed by atoms with E-state index in [-0.39, 0.29) is 11.9 Å². The minimum absolute atomic E-state index is 0.0272. The molecule has 0 aromatic carbocycles. The van der Waals surface area contributed by atoms with Crippen molar-refractivity contribution in [2.75, 3.05) is 0 Å². The summed E-state index contributed by atoms with van der Waals surface area (Å²) in [4.78, 5) is 14.7. The SMILES string of the molecule is CC1CCC(C)N1C(C)C(=O)NC1CCCCC1. The van der Waals surface area contributed by atoms with Crippen molar-refractivity contribution in [1.82, 2.24) is 10.2 Å². The molecule has 2 rings (SSSR count). The van der Waals surface area contributed by atoms with Crippen molar-refractivity contribution in [2.45, 2.75) is 89.9 Å². The maximum Gasteiger partial charge on any atom is 0.237 e. The standard InChI is InChI=1S/C15H28N2O/c1-11-9-10-12(2)17(11)13(3)15(18)16-14-7-5-4-6-8-14/h11-14H,4-10H2,1-3H3,(H,16,18). The number of nitrogens with zero attached hydrogens (tertiary/aromatic N) is 1. The molecular formula is C15H28N2O. The fourth-order valence-electron chi connectivity index (χ4n) is 3.68. The second-order valence-electron chi connectivity index (χ2n) is 6.24. The van der Waals surface area contributed by atoms with Crippen LogP contribution in [0, 0.1) is 0 Å². The lowest BCUT2D eigenvalue weighted by atomic mass is 9.95. The van der Waals surface area contributed by atoms with Gasteiger partial charge in [0.15, 0.2) is 0 Å². The zero-order valence-corrected chi connectivity index (χ0v) is 12.1. The van der Waals surface area contributed by atoms with Gasteiger partial charge >= 0.3 is 0 Å². The van der Waals surface area contributed by atoms with Crippen molar-refractivity contribution >= 4 is 5.91 Å². The first-order chi connectivity index (χ1) is 8.59. The smallest absolute Gasteiger partial charge is 0.237 e. The largest absolute Gasteiger partial charge is 0.352 e. The highest BCUT2D eigenvalue weighted by Crippen LogP contribution is 2.26. The monoisotopic (exact) mass is 252 g/mol. The summed E-state index contributed by atoms with van der Waals surface area (Å²) in [5.41, 5.74) is 0. The number of carbonyl (C=O) groups is 1. The minimum Gasteiger partial charge on any atom is -0.352 e. The van der Waals surface area contributed by atoms with E-state index >= 15 is 0 Å². The van der Waals surface area contributed by atoms with Crippen LogP contribution in [0.4, 0.5) is 0 Å². The molecule has 0 spiro atoms. The van der Waals surface area contributed by atoms with Crippen LogP contribution in [-0.2, 0) is 4.79 Å². The van der Waals surface area contributed by atoms with Crippen molar-refractivity contribution in [3.63, 3.8) is 0 Å². The van der Waals surface area contributed by atoms with Crippen LogP contribution in [0.15, 0.2) is 0 Å². The van der Waals surface area contributed by atoms with Crippen LogP contribution in [0.3, 0.4) is 0 Å². The predicted octanol–water partition coefficient (Wildman–Crippen LogP) is 2.70. The minimum atomic E-state index is 0.0272. The lowest BCUT2D eigenvalue weighted by molar-refractivity contribution is -0.127. The Hall–Kier alpha value is -0.570. The van der Waals surface area contributed by atoms with E-state index in [1.54, 1.807) is 0 Å². The van der Waals surface area contributed by atoms with E-state index < -0.39 is 0 Å². The van der Waals surface area contributed by atoms with Gasteiger partial charge < -0.3 is 5.32 Å². The molecule has 3 heteroatoms. The lowest BCUT2D eigenvalue weighted by Crippen LogP contribution is -2.51. The molecule has 0 bridgehead atoms. The molecule has 104 valence electrons. The van der Waals surface area contributed by atoms with Gasteiger partial charge in [-0.15, -0.1) is 0 Å². The van der Waals surface area contributed by atoms with Gasteiger partial charge in [0.25, 0.3) is 0 Å². The third kappa shape index (κ3) is 3.05. The number of rotatable bonds is 3. The van der Waals surface area contributed by atoms with E-state index in [9.17, 15) is 4.79 Å². The Morgan fingerprint density at radius 1 is 1.06 bits per heavy atom. The van der Waals surface area contributed by atoms with Crippen LogP contribution < -0.4 is 5.32 Å². The van der Waals surface area contributed by atoms with E-state index in [1.165, 1.54) is 44.9 Å². The summed E-state index contributed by atoms with van der Waals surface area (Å²) in [6.45, 7) is 6.55. The van der Waals surface area contributed by atoms with Crippen LogP contribution in [0.25, 0.3) is 0 Å². The Morgan fingerprint density at radius 2 is 1.61 bits per heavy atom. The molecule has 2 fully saturated rings. The summed E-state index contributed by atoms with van der Waals surface area (Å²) >= 11 is 0. The molecule has 1 aliphatic carbocycles. The lowest BCUT2D eigenvalue weighted by Gasteiger charge is -2.33. The Kier molecular flexibility index (Phi) is 4.66. The summed E-state index contributed by atoms with van der Waals surface area (Å²) in [7, 11) is 0. The maximum atomic E-state index is 12.3. The molecule has 0 radical (unpaired) electrons. The second kappa shape index (κ2) is 6.05. The average Bonchev–Trinajstić information content (AvgIpc) is 2.69. The van der Waals surface area contributed by atoms with Crippen LogP contribution in [0.2, 0.25) is 0 Å². The summed E-state index contributed by atoms with van der Waals surface area (Å²) in [6.07, 6.45) is 8.67. The summed E-state index contributed by atoms with van der Waals surface area (Å²) in [6, 6.07) is 1.56. The predicted molar refractivity (Wildman–Crippen MR) is 74.5 cm³/mol. The quantitative estimate of drug-likeness (QED) is 0.837. The normalized spacial score (nSPS) is 32.4. The van der Waals surface area contributed by atoms with Crippen molar-refractivity contribution < 1.29 is 4.79 Å². The van der Waals surface area contributed by atoms with Gasteiger partial charge in [-0.3, -0.25) is 9.69 Å².